The Morgan fingerprint density at radius 2 is 1.83 bits per heavy atom. The highest BCUT2D eigenvalue weighted by Gasteiger charge is 2.49. The summed E-state index contributed by atoms with van der Waals surface area (Å²) < 4.78 is 19.0. The molecule has 0 aromatic heterocycles. The fourth-order valence-corrected chi connectivity index (χ4v) is 4.66. The fourth-order valence-electron chi connectivity index (χ4n) is 4.16. The number of hydrogen-bond acceptors (Lipinski definition) is 6. The quantitative estimate of drug-likeness (QED) is 0.647. The summed E-state index contributed by atoms with van der Waals surface area (Å²) in [7, 11) is 0. The third-order valence-corrected chi connectivity index (χ3v) is 6.59. The number of phenols is 1. The number of fused-ring (bicyclic) bond motifs is 1. The molecule has 1 atom stereocenters. The molecule has 2 aliphatic rings. The van der Waals surface area contributed by atoms with E-state index in [9.17, 15) is 9.90 Å². The zero-order valence-corrected chi connectivity index (χ0v) is 18.8. The molecule has 30 heavy (non-hydrogen) atoms. The molecule has 0 saturated carbocycles. The van der Waals surface area contributed by atoms with Crippen molar-refractivity contribution in [3.63, 3.8) is 0 Å². The van der Waals surface area contributed by atoms with Gasteiger partial charge in [-0.1, -0.05) is 44.2 Å². The zero-order chi connectivity index (χ0) is 21.3. The van der Waals surface area contributed by atoms with Crippen LogP contribution in [0.5, 0.6) is 17.2 Å². The maximum absolute atomic E-state index is 13.0. The van der Waals surface area contributed by atoms with Crippen LogP contribution in [0.3, 0.4) is 0 Å². The molecule has 0 radical (unpaired) electrons. The number of benzene rings is 2. The third kappa shape index (κ3) is 3.59. The second-order valence-corrected chi connectivity index (χ2v) is 8.45. The Balaban J connectivity index is 1.77. The summed E-state index contributed by atoms with van der Waals surface area (Å²) >= 11 is 3.53. The number of nitrogens with zero attached hydrogens (tertiary/aromatic N) is 1. The summed E-state index contributed by atoms with van der Waals surface area (Å²) in [6.07, 6.45) is 1.08. The van der Waals surface area contributed by atoms with Crippen molar-refractivity contribution in [1.82, 2.24) is 4.90 Å². The predicted octanol–water partition coefficient (Wildman–Crippen LogP) is 4.37. The van der Waals surface area contributed by atoms with Crippen LogP contribution >= 0.6 is 15.9 Å². The summed E-state index contributed by atoms with van der Waals surface area (Å²) in [5.74, 6) is 0.186. The first-order chi connectivity index (χ1) is 14.5. The highest BCUT2D eigenvalue weighted by molar-refractivity contribution is 9.10. The van der Waals surface area contributed by atoms with Gasteiger partial charge in [-0.05, 0) is 34.8 Å². The summed E-state index contributed by atoms with van der Waals surface area (Å²) in [5, 5.41) is 11.0. The number of halogens is 1. The number of aromatic hydroxyl groups is 1. The molecule has 0 amide bonds. The van der Waals surface area contributed by atoms with E-state index >= 15 is 0 Å². The molecule has 0 spiro atoms. The molecular formula is C23H26BrNO5. The van der Waals surface area contributed by atoms with Gasteiger partial charge in [0.05, 0.1) is 23.2 Å². The summed E-state index contributed by atoms with van der Waals surface area (Å²) in [5.41, 5.74) is 0.0385. The molecule has 2 aromatic carbocycles. The lowest BCUT2D eigenvalue weighted by Gasteiger charge is -2.49. The molecule has 0 aliphatic carbocycles. The number of carbonyl (C=O) groups is 1. The van der Waals surface area contributed by atoms with Crippen molar-refractivity contribution < 1.29 is 24.1 Å². The van der Waals surface area contributed by atoms with Gasteiger partial charge in [0.2, 0.25) is 5.75 Å². The molecule has 2 aliphatic heterocycles. The second-order valence-electron chi connectivity index (χ2n) is 7.60. The van der Waals surface area contributed by atoms with Gasteiger partial charge >= 0.3 is 0 Å². The SMILES string of the molecule is CCC1(CC)Oc2c(O)c(C(=O)c3ccccc3)cc(Br)c2OC1N1CCOCC1. The van der Waals surface area contributed by atoms with Crippen molar-refractivity contribution >= 4 is 21.7 Å². The van der Waals surface area contributed by atoms with E-state index < -0.39 is 5.60 Å². The average molecular weight is 476 g/mol. The van der Waals surface area contributed by atoms with Gasteiger partial charge in [0.15, 0.2) is 29.1 Å². The van der Waals surface area contributed by atoms with Crippen LogP contribution < -0.4 is 9.47 Å². The average Bonchev–Trinajstić information content (AvgIpc) is 2.81. The Kier molecular flexibility index (Phi) is 6.04. The van der Waals surface area contributed by atoms with Gasteiger partial charge in [-0.25, -0.2) is 0 Å². The number of carbonyl (C=O) groups excluding carboxylic acids is 1. The molecule has 6 nitrogen and oxygen atoms in total. The third-order valence-electron chi connectivity index (χ3n) is 6.00. The van der Waals surface area contributed by atoms with Gasteiger partial charge in [-0.2, -0.15) is 0 Å². The summed E-state index contributed by atoms with van der Waals surface area (Å²) in [6.45, 7) is 6.89. The van der Waals surface area contributed by atoms with Gasteiger partial charge in [-0.15, -0.1) is 0 Å². The van der Waals surface area contributed by atoms with Crippen LogP contribution in [0.1, 0.15) is 42.6 Å². The minimum absolute atomic E-state index is 0.182. The van der Waals surface area contributed by atoms with E-state index in [1.807, 2.05) is 6.07 Å². The highest BCUT2D eigenvalue weighted by Crippen LogP contribution is 2.52. The second kappa shape index (κ2) is 8.57. The molecule has 160 valence electrons. The first-order valence-corrected chi connectivity index (χ1v) is 11.1. The molecular weight excluding hydrogens is 450 g/mol. The molecule has 1 unspecified atom stereocenters. The van der Waals surface area contributed by atoms with Crippen LogP contribution in [0.4, 0.5) is 0 Å². The van der Waals surface area contributed by atoms with E-state index in [4.69, 9.17) is 14.2 Å². The first kappa shape index (κ1) is 21.2. The van der Waals surface area contributed by atoms with Gasteiger partial charge in [0.1, 0.15) is 0 Å². The van der Waals surface area contributed by atoms with E-state index in [1.165, 1.54) is 0 Å². The van der Waals surface area contributed by atoms with Gasteiger partial charge in [-0.3, -0.25) is 9.69 Å². The Hall–Kier alpha value is -2.09. The molecule has 2 heterocycles. The molecule has 7 heteroatoms. The summed E-state index contributed by atoms with van der Waals surface area (Å²) in [6, 6.07) is 10.5. The number of rotatable bonds is 5. The van der Waals surface area contributed by atoms with Crippen LogP contribution in [0.25, 0.3) is 0 Å². The summed E-state index contributed by atoms with van der Waals surface area (Å²) in [4.78, 5) is 15.2. The Morgan fingerprint density at radius 3 is 2.47 bits per heavy atom. The number of ether oxygens (including phenoxy) is 3. The molecule has 1 saturated heterocycles. The Bertz CT molecular complexity index is 923. The number of ketones is 1. The van der Waals surface area contributed by atoms with Crippen molar-refractivity contribution in [1.29, 1.82) is 0 Å². The highest BCUT2D eigenvalue weighted by atomic mass is 79.9. The Labute approximate surface area is 184 Å². The zero-order valence-electron chi connectivity index (χ0n) is 17.2. The van der Waals surface area contributed by atoms with E-state index in [2.05, 4.69) is 34.7 Å². The van der Waals surface area contributed by atoms with Gasteiger partial charge in [0.25, 0.3) is 0 Å². The van der Waals surface area contributed by atoms with Crippen molar-refractivity contribution in [3.8, 4) is 17.2 Å². The van der Waals surface area contributed by atoms with E-state index in [0.717, 1.165) is 13.1 Å². The lowest BCUT2D eigenvalue weighted by atomic mass is 9.91. The van der Waals surface area contributed by atoms with Crippen LogP contribution in [0, 0.1) is 0 Å². The number of hydrogen-bond donors (Lipinski definition) is 1. The molecule has 0 bridgehead atoms. The lowest BCUT2D eigenvalue weighted by Crippen LogP contribution is -2.62. The van der Waals surface area contributed by atoms with E-state index in [-0.39, 0.29) is 29.1 Å². The topological polar surface area (TPSA) is 68.2 Å². The largest absolute Gasteiger partial charge is 0.504 e. The Morgan fingerprint density at radius 1 is 1.17 bits per heavy atom. The molecule has 1 N–H and O–H groups in total. The van der Waals surface area contributed by atoms with Crippen molar-refractivity contribution in [2.45, 2.75) is 38.5 Å². The maximum Gasteiger partial charge on any atom is 0.206 e. The fraction of sp³-hybridized carbons (Fsp3) is 0.435. The maximum atomic E-state index is 13.0. The van der Waals surface area contributed by atoms with Crippen LogP contribution in [0.2, 0.25) is 0 Å². The lowest BCUT2D eigenvalue weighted by molar-refractivity contribution is -0.162. The first-order valence-electron chi connectivity index (χ1n) is 10.3. The van der Waals surface area contributed by atoms with Crippen LogP contribution in [0.15, 0.2) is 40.9 Å². The number of morpholine rings is 1. The van der Waals surface area contributed by atoms with E-state index in [0.29, 0.717) is 41.8 Å². The van der Waals surface area contributed by atoms with Gasteiger partial charge in [0, 0.05) is 18.7 Å². The van der Waals surface area contributed by atoms with Crippen molar-refractivity contribution in [2.75, 3.05) is 26.3 Å². The number of phenolic OH excluding ortho intramolecular Hbond substituents is 1. The minimum atomic E-state index is -0.643. The van der Waals surface area contributed by atoms with Crippen molar-refractivity contribution in [2.24, 2.45) is 0 Å². The van der Waals surface area contributed by atoms with Crippen molar-refractivity contribution in [3.05, 3.63) is 52.0 Å². The van der Waals surface area contributed by atoms with Crippen LogP contribution in [-0.2, 0) is 4.74 Å². The molecule has 2 aromatic rings. The standard InChI is InChI=1S/C23H26BrNO5/c1-3-23(4-2)22(25-10-12-28-13-11-25)29-20-17(24)14-16(19(27)21(20)30-23)18(26)15-8-6-5-7-9-15/h5-9,14,22,27H,3-4,10-13H2,1-2H3. The molecule has 1 fully saturated rings. The predicted molar refractivity (Wildman–Crippen MR) is 116 cm³/mol. The normalized spacial score (nSPS) is 20.7. The van der Waals surface area contributed by atoms with Crippen LogP contribution in [-0.4, -0.2) is 53.9 Å². The monoisotopic (exact) mass is 475 g/mol. The van der Waals surface area contributed by atoms with E-state index in [1.54, 1.807) is 30.3 Å². The molecule has 4 rings (SSSR count). The smallest absolute Gasteiger partial charge is 0.206 e. The van der Waals surface area contributed by atoms with Gasteiger partial charge < -0.3 is 19.3 Å². The minimum Gasteiger partial charge on any atom is -0.504 e.